The van der Waals surface area contributed by atoms with Crippen LogP contribution >= 0.6 is 11.6 Å². The van der Waals surface area contributed by atoms with Gasteiger partial charge in [-0.25, -0.2) is 19.7 Å². The van der Waals surface area contributed by atoms with Gasteiger partial charge in [-0.05, 0) is 36.4 Å². The predicted octanol–water partition coefficient (Wildman–Crippen LogP) is 4.27. The summed E-state index contributed by atoms with van der Waals surface area (Å²) in [5.74, 6) is -0.477. The topological polar surface area (TPSA) is 88.0 Å². The Hall–Kier alpha value is -3.25. The Bertz CT molecular complexity index is 1110. The van der Waals surface area contributed by atoms with Gasteiger partial charge in [0.25, 0.3) is 0 Å². The highest BCUT2D eigenvalue weighted by Gasteiger charge is 2.12. The van der Waals surface area contributed by atoms with Crippen molar-refractivity contribution >= 4 is 50.9 Å². The van der Waals surface area contributed by atoms with Crippen molar-refractivity contribution in [3.05, 3.63) is 65.6 Å². The number of carbonyl (C=O) groups is 1. The van der Waals surface area contributed by atoms with Gasteiger partial charge >= 0.3 is 5.97 Å². The van der Waals surface area contributed by atoms with Crippen molar-refractivity contribution in [2.45, 2.75) is 0 Å². The summed E-state index contributed by atoms with van der Waals surface area (Å²) in [5.41, 5.74) is 2.18. The summed E-state index contributed by atoms with van der Waals surface area (Å²) in [6.07, 6.45) is 3.15. The summed E-state index contributed by atoms with van der Waals surface area (Å²) in [7, 11) is 0. The average Bonchev–Trinajstić information content (AvgIpc) is 2.63. The number of rotatable bonds is 3. The minimum atomic E-state index is -1.000. The fourth-order valence-electron chi connectivity index (χ4n) is 2.63. The molecule has 0 saturated heterocycles. The standard InChI is InChI=1S/C18H11ClN4O2/c19-11-2-4-12(5-3-11)22-17-16-14(8-20-9-21-16)13-6-1-10(18(24)25)7-15(13)23-17/h1-9H,(H,22,23)(H,24,25). The van der Waals surface area contributed by atoms with Gasteiger partial charge in [0, 0.05) is 27.7 Å². The Kier molecular flexibility index (Phi) is 3.66. The maximum Gasteiger partial charge on any atom is 0.335 e. The number of carboxylic acids is 1. The molecule has 6 nitrogen and oxygen atoms in total. The van der Waals surface area contributed by atoms with Gasteiger partial charge < -0.3 is 10.4 Å². The number of carboxylic acid groups (broad SMARTS) is 1. The Morgan fingerprint density at radius 1 is 1.08 bits per heavy atom. The first-order valence-electron chi connectivity index (χ1n) is 7.41. The molecule has 0 spiro atoms. The van der Waals surface area contributed by atoms with E-state index >= 15 is 0 Å². The molecule has 0 unspecified atom stereocenters. The van der Waals surface area contributed by atoms with Gasteiger partial charge in [0.1, 0.15) is 11.8 Å². The van der Waals surface area contributed by atoms with Crippen LogP contribution in [0.3, 0.4) is 0 Å². The number of nitrogens with zero attached hydrogens (tertiary/aromatic N) is 3. The summed E-state index contributed by atoms with van der Waals surface area (Å²) in [6, 6.07) is 12.0. The lowest BCUT2D eigenvalue weighted by Crippen LogP contribution is -2.00. The number of hydrogen-bond acceptors (Lipinski definition) is 5. The highest BCUT2D eigenvalue weighted by molar-refractivity contribution is 6.30. The zero-order valence-corrected chi connectivity index (χ0v) is 13.5. The van der Waals surface area contributed by atoms with Crippen molar-refractivity contribution in [2.75, 3.05) is 5.32 Å². The molecule has 4 aromatic rings. The molecule has 2 aromatic heterocycles. The number of hydrogen-bond donors (Lipinski definition) is 2. The van der Waals surface area contributed by atoms with E-state index in [1.165, 1.54) is 12.4 Å². The number of aromatic nitrogens is 3. The lowest BCUT2D eigenvalue weighted by molar-refractivity contribution is 0.0697. The second-order valence-corrected chi connectivity index (χ2v) is 5.85. The average molecular weight is 351 g/mol. The molecule has 0 fully saturated rings. The van der Waals surface area contributed by atoms with E-state index in [0.717, 1.165) is 16.5 Å². The molecule has 7 heteroatoms. The Labute approximate surface area is 147 Å². The first kappa shape index (κ1) is 15.3. The van der Waals surface area contributed by atoms with Gasteiger partial charge in [0.2, 0.25) is 0 Å². The molecule has 122 valence electrons. The van der Waals surface area contributed by atoms with Crippen LogP contribution < -0.4 is 5.32 Å². The zero-order valence-electron chi connectivity index (χ0n) is 12.8. The molecule has 0 aliphatic heterocycles. The maximum atomic E-state index is 11.2. The molecular formula is C18H11ClN4O2. The summed E-state index contributed by atoms with van der Waals surface area (Å²) in [6.45, 7) is 0. The number of benzene rings is 2. The first-order chi connectivity index (χ1) is 12.1. The van der Waals surface area contributed by atoms with Gasteiger partial charge in [-0.3, -0.25) is 0 Å². The van der Waals surface area contributed by atoms with Crippen molar-refractivity contribution < 1.29 is 9.90 Å². The third-order valence-electron chi connectivity index (χ3n) is 3.81. The van der Waals surface area contributed by atoms with Gasteiger partial charge in [0.15, 0.2) is 5.82 Å². The molecule has 4 rings (SSSR count). The van der Waals surface area contributed by atoms with Gasteiger partial charge in [0.05, 0.1) is 11.1 Å². The van der Waals surface area contributed by atoms with Crippen molar-refractivity contribution in [1.82, 2.24) is 15.0 Å². The second-order valence-electron chi connectivity index (χ2n) is 5.41. The molecule has 0 bridgehead atoms. The van der Waals surface area contributed by atoms with Gasteiger partial charge in [-0.1, -0.05) is 17.7 Å². The van der Waals surface area contributed by atoms with Crippen LogP contribution in [0, 0.1) is 0 Å². The van der Waals surface area contributed by atoms with Crippen LogP contribution in [0.2, 0.25) is 5.02 Å². The highest BCUT2D eigenvalue weighted by Crippen LogP contribution is 2.30. The Morgan fingerprint density at radius 3 is 2.64 bits per heavy atom. The third kappa shape index (κ3) is 2.83. The van der Waals surface area contributed by atoms with E-state index in [-0.39, 0.29) is 5.56 Å². The monoisotopic (exact) mass is 350 g/mol. The maximum absolute atomic E-state index is 11.2. The first-order valence-corrected chi connectivity index (χ1v) is 7.79. The summed E-state index contributed by atoms with van der Waals surface area (Å²) in [5, 5.41) is 14.6. The minimum Gasteiger partial charge on any atom is -0.478 e. The van der Waals surface area contributed by atoms with Crippen LogP contribution in [-0.4, -0.2) is 26.0 Å². The molecule has 0 radical (unpaired) electrons. The molecular weight excluding hydrogens is 340 g/mol. The third-order valence-corrected chi connectivity index (χ3v) is 4.06. The number of fused-ring (bicyclic) bond motifs is 3. The van der Waals surface area contributed by atoms with E-state index in [0.29, 0.717) is 21.9 Å². The van der Waals surface area contributed by atoms with E-state index in [1.54, 1.807) is 30.5 Å². The number of anilines is 2. The van der Waals surface area contributed by atoms with Crippen molar-refractivity contribution in [3.8, 4) is 0 Å². The number of pyridine rings is 1. The van der Waals surface area contributed by atoms with Crippen LogP contribution in [0.1, 0.15) is 10.4 Å². The largest absolute Gasteiger partial charge is 0.478 e. The van der Waals surface area contributed by atoms with E-state index in [9.17, 15) is 9.90 Å². The Morgan fingerprint density at radius 2 is 1.88 bits per heavy atom. The van der Waals surface area contributed by atoms with Crippen LogP contribution in [0.5, 0.6) is 0 Å². The fourth-order valence-corrected chi connectivity index (χ4v) is 2.76. The number of nitrogens with one attached hydrogen (secondary N) is 1. The predicted molar refractivity (Wildman–Crippen MR) is 96.5 cm³/mol. The molecule has 2 N–H and O–H groups in total. The molecule has 0 saturated carbocycles. The summed E-state index contributed by atoms with van der Waals surface area (Å²) < 4.78 is 0. The van der Waals surface area contributed by atoms with E-state index in [4.69, 9.17) is 11.6 Å². The quantitative estimate of drug-likeness (QED) is 0.536. The molecule has 0 aliphatic carbocycles. The van der Waals surface area contributed by atoms with E-state index < -0.39 is 5.97 Å². The zero-order chi connectivity index (χ0) is 17.4. The van der Waals surface area contributed by atoms with Crippen molar-refractivity contribution in [1.29, 1.82) is 0 Å². The lowest BCUT2D eigenvalue weighted by Gasteiger charge is -2.11. The minimum absolute atomic E-state index is 0.175. The summed E-state index contributed by atoms with van der Waals surface area (Å²) in [4.78, 5) is 24.2. The Balaban J connectivity index is 1.94. The van der Waals surface area contributed by atoms with Gasteiger partial charge in [-0.2, -0.15) is 0 Å². The van der Waals surface area contributed by atoms with Crippen molar-refractivity contribution in [2.24, 2.45) is 0 Å². The number of aromatic carboxylic acids is 1. The lowest BCUT2D eigenvalue weighted by atomic mass is 10.1. The highest BCUT2D eigenvalue weighted by atomic mass is 35.5. The molecule has 0 aliphatic rings. The smallest absolute Gasteiger partial charge is 0.335 e. The second kappa shape index (κ2) is 5.99. The molecule has 0 atom stereocenters. The number of halogens is 1. The summed E-state index contributed by atoms with van der Waals surface area (Å²) >= 11 is 5.92. The molecule has 0 amide bonds. The van der Waals surface area contributed by atoms with E-state index in [1.807, 2.05) is 12.1 Å². The fraction of sp³-hybridized carbons (Fsp3) is 0. The normalized spacial score (nSPS) is 10.9. The molecule has 25 heavy (non-hydrogen) atoms. The van der Waals surface area contributed by atoms with E-state index in [2.05, 4.69) is 20.3 Å². The molecule has 2 heterocycles. The molecule has 2 aromatic carbocycles. The SMILES string of the molecule is O=C(O)c1ccc2c(c1)nc(Nc1ccc(Cl)cc1)c1ncncc12. The van der Waals surface area contributed by atoms with Crippen LogP contribution in [0.25, 0.3) is 21.8 Å². The van der Waals surface area contributed by atoms with Gasteiger partial charge in [-0.15, -0.1) is 0 Å². The van der Waals surface area contributed by atoms with Crippen LogP contribution in [-0.2, 0) is 0 Å². The van der Waals surface area contributed by atoms with Crippen LogP contribution in [0.4, 0.5) is 11.5 Å². The van der Waals surface area contributed by atoms with Crippen LogP contribution in [0.15, 0.2) is 55.0 Å². The van der Waals surface area contributed by atoms with Crippen molar-refractivity contribution in [3.63, 3.8) is 0 Å².